The lowest BCUT2D eigenvalue weighted by Crippen LogP contribution is -2.22. The Morgan fingerprint density at radius 1 is 0.760 bits per heavy atom. The lowest BCUT2D eigenvalue weighted by molar-refractivity contribution is 0.459. The van der Waals surface area contributed by atoms with Crippen LogP contribution in [0.2, 0.25) is 0 Å². The van der Waals surface area contributed by atoms with Crippen LogP contribution in [0.25, 0.3) is 12.2 Å². The Hall–Kier alpha value is -2.22. The first-order valence-corrected chi connectivity index (χ1v) is 9.38. The van der Waals surface area contributed by atoms with E-state index in [1.807, 2.05) is 13.8 Å². The topological polar surface area (TPSA) is 40.5 Å². The lowest BCUT2D eigenvalue weighted by Gasteiger charge is -2.18. The van der Waals surface area contributed by atoms with Crippen molar-refractivity contribution in [1.29, 1.82) is 0 Å². The van der Waals surface area contributed by atoms with Crippen LogP contribution in [-0.2, 0) is 12.8 Å². The molecule has 0 spiro atoms. The van der Waals surface area contributed by atoms with Crippen molar-refractivity contribution in [3.63, 3.8) is 0 Å². The first kappa shape index (κ1) is 16.3. The second kappa shape index (κ2) is 5.94. The van der Waals surface area contributed by atoms with Crippen LogP contribution >= 0.6 is 0 Å². The number of fused-ring (bicyclic) bond motifs is 2. The maximum absolute atomic E-state index is 10.7. The molecule has 0 bridgehead atoms. The van der Waals surface area contributed by atoms with Crippen LogP contribution in [0.15, 0.2) is 6.07 Å². The van der Waals surface area contributed by atoms with Crippen molar-refractivity contribution in [2.45, 2.75) is 59.3 Å². The van der Waals surface area contributed by atoms with Gasteiger partial charge >= 0.3 is 0 Å². The molecule has 0 unspecified atom stereocenters. The minimum atomic E-state index is 0.459. The van der Waals surface area contributed by atoms with Gasteiger partial charge in [-0.15, -0.1) is 0 Å². The summed E-state index contributed by atoms with van der Waals surface area (Å²) in [6.45, 7) is 6.13. The van der Waals surface area contributed by atoms with Crippen LogP contribution in [0.3, 0.4) is 0 Å². The van der Waals surface area contributed by atoms with Gasteiger partial charge in [0.15, 0.2) is 0 Å². The summed E-state index contributed by atoms with van der Waals surface area (Å²) in [5.74, 6) is 0.932. The molecule has 2 aliphatic carbocycles. The smallest absolute Gasteiger partial charge is 0.122 e. The van der Waals surface area contributed by atoms with Crippen molar-refractivity contribution in [2.24, 2.45) is 0 Å². The Bertz CT molecular complexity index is 1090. The fraction of sp³-hybridized carbons (Fsp3) is 0.391. The summed E-state index contributed by atoms with van der Waals surface area (Å²) in [4.78, 5) is 0. The number of phenolic OH excluding ortho intramolecular Hbond substituents is 2. The molecular weight excluding hydrogens is 308 g/mol. The Labute approximate surface area is 148 Å². The average molecular weight is 334 g/mol. The van der Waals surface area contributed by atoms with Gasteiger partial charge in [-0.1, -0.05) is 12.2 Å². The van der Waals surface area contributed by atoms with E-state index in [4.69, 9.17) is 0 Å². The Morgan fingerprint density at radius 2 is 1.36 bits per heavy atom. The molecule has 0 aliphatic heterocycles. The van der Waals surface area contributed by atoms with Crippen LogP contribution < -0.4 is 10.4 Å². The van der Waals surface area contributed by atoms with E-state index in [0.29, 0.717) is 11.5 Å². The summed E-state index contributed by atoms with van der Waals surface area (Å²) in [6.07, 6.45) is 10.8. The van der Waals surface area contributed by atoms with Gasteiger partial charge in [-0.05, 0) is 103 Å². The summed E-state index contributed by atoms with van der Waals surface area (Å²) in [5.41, 5.74) is 5.27. The van der Waals surface area contributed by atoms with Crippen LogP contribution in [0.1, 0.15) is 53.5 Å². The van der Waals surface area contributed by atoms with Crippen molar-refractivity contribution >= 4 is 12.2 Å². The first-order chi connectivity index (χ1) is 12.0. The van der Waals surface area contributed by atoms with E-state index in [9.17, 15) is 10.2 Å². The van der Waals surface area contributed by atoms with Crippen molar-refractivity contribution < 1.29 is 10.2 Å². The summed E-state index contributed by atoms with van der Waals surface area (Å²) in [6, 6.07) is 2.14. The molecule has 2 aliphatic rings. The Morgan fingerprint density at radius 3 is 2.04 bits per heavy atom. The quantitative estimate of drug-likeness (QED) is 0.773. The second-order valence-electron chi connectivity index (χ2n) is 7.54. The third kappa shape index (κ3) is 2.38. The molecule has 0 heterocycles. The van der Waals surface area contributed by atoms with E-state index < -0.39 is 0 Å². The van der Waals surface area contributed by atoms with E-state index in [1.54, 1.807) is 0 Å². The number of benzene rings is 2. The van der Waals surface area contributed by atoms with Gasteiger partial charge in [-0.25, -0.2) is 0 Å². The van der Waals surface area contributed by atoms with E-state index in [0.717, 1.165) is 66.3 Å². The molecule has 0 saturated heterocycles. The molecular formula is C23H26O2. The molecule has 0 fully saturated rings. The number of aryl methyl sites for hydroxylation is 1. The number of hydrogen-bond donors (Lipinski definition) is 2. The zero-order valence-electron chi connectivity index (χ0n) is 15.4. The highest BCUT2D eigenvalue weighted by atomic mass is 16.3. The predicted molar refractivity (Wildman–Crippen MR) is 102 cm³/mol. The van der Waals surface area contributed by atoms with E-state index in [-0.39, 0.29) is 0 Å². The molecule has 0 aromatic heterocycles. The molecule has 25 heavy (non-hydrogen) atoms. The zero-order chi connectivity index (χ0) is 17.7. The van der Waals surface area contributed by atoms with Crippen LogP contribution in [-0.4, -0.2) is 10.2 Å². The number of phenols is 2. The molecule has 0 atom stereocenters. The molecule has 0 saturated carbocycles. The molecule has 2 aromatic rings. The lowest BCUT2D eigenvalue weighted by atomic mass is 9.88. The fourth-order valence-corrected chi connectivity index (χ4v) is 4.53. The normalized spacial score (nSPS) is 17.2. The molecule has 130 valence electrons. The molecule has 2 nitrogen and oxygen atoms in total. The summed E-state index contributed by atoms with van der Waals surface area (Å²) < 4.78 is 0. The van der Waals surface area contributed by atoms with Gasteiger partial charge in [-0.2, -0.15) is 0 Å². The van der Waals surface area contributed by atoms with Gasteiger partial charge < -0.3 is 10.2 Å². The molecule has 0 radical (unpaired) electrons. The summed E-state index contributed by atoms with van der Waals surface area (Å²) in [5, 5.41) is 26.1. The maximum atomic E-state index is 10.7. The summed E-state index contributed by atoms with van der Waals surface area (Å²) >= 11 is 0. The van der Waals surface area contributed by atoms with E-state index in [2.05, 4.69) is 25.1 Å². The molecule has 2 heteroatoms. The van der Waals surface area contributed by atoms with Gasteiger partial charge in [0.2, 0.25) is 0 Å². The highest BCUT2D eigenvalue weighted by Crippen LogP contribution is 2.28. The standard InChI is InChI=1S/C23H26O2/c1-13-12-20(16-8-4-6-10-18(16)22(13)24)21-14(2)15(3)23(25)19-11-7-5-9-17(19)21/h8-9,12,24-25H,4-7,10-11H2,1-3H3. The molecule has 2 N–H and O–H groups in total. The van der Waals surface area contributed by atoms with Crippen molar-refractivity contribution in [2.75, 3.05) is 0 Å². The third-order valence-electron chi connectivity index (χ3n) is 6.04. The van der Waals surface area contributed by atoms with Gasteiger partial charge in [-0.3, -0.25) is 0 Å². The monoisotopic (exact) mass is 334 g/mol. The molecule has 2 aromatic carbocycles. The highest BCUT2D eigenvalue weighted by molar-refractivity contribution is 5.53. The predicted octanol–water partition coefficient (Wildman–Crippen LogP) is 3.54. The van der Waals surface area contributed by atoms with Crippen LogP contribution in [0, 0.1) is 31.2 Å². The first-order valence-electron chi connectivity index (χ1n) is 9.38. The van der Waals surface area contributed by atoms with Crippen molar-refractivity contribution in [3.05, 3.63) is 54.8 Å². The van der Waals surface area contributed by atoms with Gasteiger partial charge in [0.1, 0.15) is 11.5 Å². The molecule has 0 amide bonds. The maximum Gasteiger partial charge on any atom is 0.122 e. The Balaban J connectivity index is 2.38. The third-order valence-corrected chi connectivity index (χ3v) is 6.04. The average Bonchev–Trinajstić information content (AvgIpc) is 2.64. The van der Waals surface area contributed by atoms with Crippen LogP contribution in [0.4, 0.5) is 0 Å². The van der Waals surface area contributed by atoms with Crippen molar-refractivity contribution in [1.82, 2.24) is 0 Å². The highest BCUT2D eigenvalue weighted by Gasteiger charge is 2.16. The van der Waals surface area contributed by atoms with Crippen molar-refractivity contribution in [3.8, 4) is 11.5 Å². The fourth-order valence-electron chi connectivity index (χ4n) is 4.53. The minimum absolute atomic E-state index is 0.459. The van der Waals surface area contributed by atoms with E-state index in [1.165, 1.54) is 20.9 Å². The van der Waals surface area contributed by atoms with Gasteiger partial charge in [0, 0.05) is 11.1 Å². The zero-order valence-corrected chi connectivity index (χ0v) is 15.4. The number of hydrogen-bond acceptors (Lipinski definition) is 2. The second-order valence-corrected chi connectivity index (χ2v) is 7.54. The van der Waals surface area contributed by atoms with E-state index >= 15 is 0 Å². The molecule has 4 rings (SSSR count). The SMILES string of the molecule is Cc1cc(=c2c(C)c(C)c(O)c3c2=CCCC3)c2c(c1O)CCCC=2. The number of rotatable bonds is 0. The largest absolute Gasteiger partial charge is 0.507 e. The number of aromatic hydroxyl groups is 2. The minimum Gasteiger partial charge on any atom is -0.507 e. The summed E-state index contributed by atoms with van der Waals surface area (Å²) in [7, 11) is 0. The Kier molecular flexibility index (Phi) is 3.87. The van der Waals surface area contributed by atoms with Crippen LogP contribution in [0.5, 0.6) is 11.5 Å². The van der Waals surface area contributed by atoms with Gasteiger partial charge in [0.25, 0.3) is 0 Å². The van der Waals surface area contributed by atoms with Gasteiger partial charge in [0.05, 0.1) is 0 Å².